The molecule has 2 aromatic rings. The topological polar surface area (TPSA) is 136 Å². The second-order valence-electron chi connectivity index (χ2n) is 13.7. The first kappa shape index (κ1) is 31.7. The van der Waals surface area contributed by atoms with E-state index in [1.54, 1.807) is 9.80 Å². The van der Waals surface area contributed by atoms with Crippen molar-refractivity contribution in [2.24, 2.45) is 11.3 Å². The van der Waals surface area contributed by atoms with E-state index < -0.39 is 29.9 Å². The van der Waals surface area contributed by atoms with Crippen LogP contribution in [0, 0.1) is 17.2 Å². The third kappa shape index (κ3) is 5.64. The summed E-state index contributed by atoms with van der Waals surface area (Å²) < 4.78 is 20.6. The summed E-state index contributed by atoms with van der Waals surface area (Å²) in [7, 11) is 0. The van der Waals surface area contributed by atoms with Gasteiger partial charge in [0.1, 0.15) is 29.7 Å². The number of carbonyl (C=O) groups excluding carboxylic acids is 3. The van der Waals surface area contributed by atoms with E-state index in [4.69, 9.17) is 4.74 Å². The molecule has 5 fully saturated rings. The van der Waals surface area contributed by atoms with Crippen LogP contribution in [0.3, 0.4) is 0 Å². The van der Waals surface area contributed by atoms with Crippen molar-refractivity contribution in [1.29, 1.82) is 0 Å². The molecule has 246 valence electrons. The van der Waals surface area contributed by atoms with Gasteiger partial charge in [0.15, 0.2) is 11.6 Å². The van der Waals surface area contributed by atoms with Crippen LogP contribution in [0.15, 0.2) is 30.7 Å². The summed E-state index contributed by atoms with van der Waals surface area (Å²) in [6.07, 6.45) is 4.65. The van der Waals surface area contributed by atoms with Crippen LogP contribution >= 0.6 is 0 Å². The number of benzene rings is 1. The molecule has 2 bridgehead atoms. The first-order chi connectivity index (χ1) is 21.9. The van der Waals surface area contributed by atoms with Crippen LogP contribution in [0.2, 0.25) is 0 Å². The lowest BCUT2D eigenvalue weighted by Crippen LogP contribution is -2.67. The minimum Gasteiger partial charge on any atom is -0.465 e. The van der Waals surface area contributed by atoms with Crippen LogP contribution in [0.25, 0.3) is 0 Å². The molecule has 12 nitrogen and oxygen atoms in total. The number of nitrogens with zero attached hydrogens (tertiary/aromatic N) is 6. The SMILES string of the molecule is CC(C)N(C(=O)c1cc(F)ccc1Oc1cncnc1N1CC2(CCN(C(=O)[C@@H]3[C@@H]4CC[C@@H](CC4=O)N3C(=O)O)CC2)C1)C(C)C. The lowest BCUT2D eigenvalue weighted by Gasteiger charge is -2.55. The molecule has 0 radical (unpaired) electrons. The molecule has 3 atom stereocenters. The van der Waals surface area contributed by atoms with E-state index in [2.05, 4.69) is 14.9 Å². The van der Waals surface area contributed by atoms with Crippen LogP contribution in [0.1, 0.15) is 70.2 Å². The zero-order valence-corrected chi connectivity index (χ0v) is 26.7. The summed E-state index contributed by atoms with van der Waals surface area (Å²) in [5.41, 5.74) is 0.0579. The number of halogens is 1. The Morgan fingerprint density at radius 2 is 1.76 bits per heavy atom. The van der Waals surface area contributed by atoms with E-state index in [0.29, 0.717) is 50.6 Å². The number of carboxylic acid groups (broad SMARTS) is 1. The number of Topliss-reactive ketones (excluding diaryl/α,β-unsaturated/α-hetero) is 1. The molecule has 13 heteroatoms. The van der Waals surface area contributed by atoms with Crippen molar-refractivity contribution in [2.45, 2.75) is 84.0 Å². The number of ether oxygens (including phenoxy) is 1. The van der Waals surface area contributed by atoms with Crippen LogP contribution in [0.5, 0.6) is 11.5 Å². The minimum atomic E-state index is -1.14. The predicted octanol–water partition coefficient (Wildman–Crippen LogP) is 4.20. The van der Waals surface area contributed by atoms with E-state index in [1.807, 2.05) is 27.7 Å². The van der Waals surface area contributed by atoms with Crippen LogP contribution < -0.4 is 9.64 Å². The van der Waals surface area contributed by atoms with Crippen molar-refractivity contribution in [3.8, 4) is 11.5 Å². The molecule has 4 aliphatic heterocycles. The molecule has 1 saturated carbocycles. The molecule has 3 amide bonds. The standard InChI is InChI=1S/C33H41FN6O6/c1-19(2)39(20(3)4)30(42)24-13-21(34)5-8-26(24)46-27-15-35-18-36-29(27)38-16-33(17-38)9-11-37(12-10-33)31(43)28-23-7-6-22(14-25(23)41)40(28)32(44)45/h5,8,13,15,18-20,22-23,28H,6-7,9-12,14,16-17H2,1-4H3,(H,44,45)/t22-,23+,28-/m0/s1. The quantitative estimate of drug-likeness (QED) is 0.474. The van der Waals surface area contributed by atoms with Gasteiger partial charge in [-0.15, -0.1) is 0 Å². The molecular weight excluding hydrogens is 595 g/mol. The highest BCUT2D eigenvalue weighted by Gasteiger charge is 2.54. The van der Waals surface area contributed by atoms with Crippen molar-refractivity contribution in [3.63, 3.8) is 0 Å². The first-order valence-electron chi connectivity index (χ1n) is 16.1. The smallest absolute Gasteiger partial charge is 0.408 e. The Morgan fingerprint density at radius 1 is 1.07 bits per heavy atom. The summed E-state index contributed by atoms with van der Waals surface area (Å²) in [6, 6.07) is 2.34. The van der Waals surface area contributed by atoms with Crippen LogP contribution in [-0.2, 0) is 9.59 Å². The van der Waals surface area contributed by atoms with E-state index in [0.717, 1.165) is 12.8 Å². The number of hydrogen-bond acceptors (Lipinski definition) is 8. The van der Waals surface area contributed by atoms with E-state index in [-0.39, 0.29) is 52.8 Å². The highest BCUT2D eigenvalue weighted by Crippen LogP contribution is 2.46. The summed E-state index contributed by atoms with van der Waals surface area (Å²) in [6.45, 7) is 9.94. The Balaban J connectivity index is 1.13. The molecule has 5 heterocycles. The minimum absolute atomic E-state index is 0.00705. The summed E-state index contributed by atoms with van der Waals surface area (Å²) in [5.74, 6) is -0.596. The molecule has 1 aromatic carbocycles. The number of piperidine rings is 3. The van der Waals surface area contributed by atoms with Gasteiger partial charge in [0.2, 0.25) is 5.91 Å². The Kier molecular flexibility index (Phi) is 8.36. The Hall–Kier alpha value is -4.29. The number of hydrogen-bond donors (Lipinski definition) is 1. The van der Waals surface area contributed by atoms with E-state index in [9.17, 15) is 28.7 Å². The Morgan fingerprint density at radius 3 is 2.39 bits per heavy atom. The number of ketones is 1. The van der Waals surface area contributed by atoms with Gasteiger partial charge in [0.25, 0.3) is 5.91 Å². The highest BCUT2D eigenvalue weighted by molar-refractivity contribution is 5.98. The van der Waals surface area contributed by atoms with Gasteiger partial charge in [-0.1, -0.05) is 0 Å². The maximum Gasteiger partial charge on any atom is 0.408 e. The number of anilines is 1. The second kappa shape index (κ2) is 12.1. The molecule has 7 rings (SSSR count). The number of aromatic nitrogens is 2. The third-order valence-electron chi connectivity index (χ3n) is 10.1. The summed E-state index contributed by atoms with van der Waals surface area (Å²) >= 11 is 0. The highest BCUT2D eigenvalue weighted by atomic mass is 19.1. The number of rotatable bonds is 7. The van der Waals surface area contributed by atoms with E-state index >= 15 is 0 Å². The van der Waals surface area contributed by atoms with Crippen molar-refractivity contribution in [1.82, 2.24) is 24.7 Å². The fourth-order valence-electron chi connectivity index (χ4n) is 7.90. The molecule has 5 aliphatic rings. The van der Waals surface area contributed by atoms with Gasteiger partial charge in [0.05, 0.1) is 11.8 Å². The maximum atomic E-state index is 14.4. The van der Waals surface area contributed by atoms with E-state index in [1.165, 1.54) is 35.6 Å². The van der Waals surface area contributed by atoms with Crippen LogP contribution in [-0.4, -0.2) is 104 Å². The fourth-order valence-corrected chi connectivity index (χ4v) is 7.90. The monoisotopic (exact) mass is 636 g/mol. The largest absolute Gasteiger partial charge is 0.465 e. The number of fused-ring (bicyclic) bond motifs is 3. The second-order valence-corrected chi connectivity index (χ2v) is 13.7. The number of amides is 3. The molecule has 4 saturated heterocycles. The zero-order valence-electron chi connectivity index (χ0n) is 26.7. The summed E-state index contributed by atoms with van der Waals surface area (Å²) in [5, 5.41) is 9.85. The molecule has 1 spiro atoms. The van der Waals surface area contributed by atoms with Gasteiger partial charge in [-0.3, -0.25) is 19.3 Å². The molecule has 1 aliphatic carbocycles. The van der Waals surface area contributed by atoms with Gasteiger partial charge >= 0.3 is 6.09 Å². The molecule has 46 heavy (non-hydrogen) atoms. The van der Waals surface area contributed by atoms with Crippen molar-refractivity contribution in [3.05, 3.63) is 42.1 Å². The van der Waals surface area contributed by atoms with Crippen molar-refractivity contribution in [2.75, 3.05) is 31.1 Å². The summed E-state index contributed by atoms with van der Waals surface area (Å²) in [4.78, 5) is 67.1. The average Bonchev–Trinajstić information content (AvgIpc) is 3.00. The van der Waals surface area contributed by atoms with Crippen LogP contribution in [0.4, 0.5) is 15.0 Å². The predicted molar refractivity (Wildman–Crippen MR) is 165 cm³/mol. The Bertz CT molecular complexity index is 1530. The van der Waals surface area contributed by atoms with Crippen molar-refractivity contribution >= 4 is 29.5 Å². The maximum absolute atomic E-state index is 14.4. The van der Waals surface area contributed by atoms with Gasteiger partial charge in [-0.2, -0.15) is 0 Å². The lowest BCUT2D eigenvalue weighted by molar-refractivity contribution is -0.153. The Labute approximate surface area is 267 Å². The first-order valence-corrected chi connectivity index (χ1v) is 16.1. The fraction of sp³-hybridized carbons (Fsp3) is 0.576. The average molecular weight is 637 g/mol. The molecule has 0 unspecified atom stereocenters. The van der Waals surface area contributed by atoms with Gasteiger partial charge < -0.3 is 24.5 Å². The van der Waals surface area contributed by atoms with Gasteiger partial charge in [0, 0.05) is 62.1 Å². The van der Waals surface area contributed by atoms with Gasteiger partial charge in [-0.25, -0.2) is 19.2 Å². The zero-order chi connectivity index (χ0) is 32.9. The number of carbonyl (C=O) groups is 4. The normalized spacial score (nSPS) is 23.6. The number of likely N-dealkylation sites (tertiary alicyclic amines) is 1. The molecule has 1 aromatic heterocycles. The lowest BCUT2D eigenvalue weighted by atomic mass is 9.71. The molecule has 1 N–H and O–H groups in total. The van der Waals surface area contributed by atoms with Crippen molar-refractivity contribution < 1.29 is 33.4 Å². The van der Waals surface area contributed by atoms with Gasteiger partial charge in [-0.05, 0) is 71.6 Å². The third-order valence-corrected chi connectivity index (χ3v) is 10.1. The molecular formula is C33H41FN6O6.